The maximum absolute atomic E-state index is 13.5. The monoisotopic (exact) mass is 476 g/mol. The Morgan fingerprint density at radius 1 is 1.03 bits per heavy atom. The number of allylic oxidation sites excluding steroid dienone is 1. The Morgan fingerprint density at radius 2 is 1.74 bits per heavy atom. The lowest BCUT2D eigenvalue weighted by atomic mass is 9.45. The van der Waals surface area contributed by atoms with Crippen molar-refractivity contribution in [3.05, 3.63) is 11.6 Å². The highest BCUT2D eigenvalue weighted by molar-refractivity contribution is 5.94. The molecule has 5 nitrogen and oxygen atoms in total. The van der Waals surface area contributed by atoms with Crippen LogP contribution in [0.25, 0.3) is 0 Å². The van der Waals surface area contributed by atoms with Crippen LogP contribution in [0.5, 0.6) is 0 Å². The molecule has 3 fully saturated rings. The molecule has 0 aromatic carbocycles. The summed E-state index contributed by atoms with van der Waals surface area (Å²) in [5.41, 5.74) is 0.452. The number of carbonyl (C=O) groups is 1. The predicted molar refractivity (Wildman–Crippen MR) is 133 cm³/mol. The van der Waals surface area contributed by atoms with Crippen LogP contribution in [0, 0.1) is 52.3 Å². The summed E-state index contributed by atoms with van der Waals surface area (Å²) in [7, 11) is 0. The zero-order valence-electron chi connectivity index (χ0n) is 21.9. The van der Waals surface area contributed by atoms with E-state index in [-0.39, 0.29) is 46.9 Å². The Bertz CT molecular complexity index is 791. The molecule has 0 amide bonds. The molecule has 0 aliphatic heterocycles. The van der Waals surface area contributed by atoms with Crippen molar-refractivity contribution in [3.8, 4) is 0 Å². The van der Waals surface area contributed by atoms with Crippen molar-refractivity contribution >= 4 is 5.78 Å². The first-order valence-electron chi connectivity index (χ1n) is 13.8. The van der Waals surface area contributed by atoms with E-state index < -0.39 is 18.3 Å². The number of aliphatic hydroxyl groups is 4. The SMILES string of the molecule is CC(C)[C@@H](CCO)CC[C@@H](C)[C@H]1C[C@@H](O)[C@H]2[C@@H]3C(=O)C=C4C[C@@H](O)CC[C@]4(C)[C@@H]3[C@H](O)C[C@@]21C. The molecule has 4 N–H and O–H groups in total. The van der Waals surface area contributed by atoms with Crippen molar-refractivity contribution in [1.82, 2.24) is 0 Å². The van der Waals surface area contributed by atoms with Gasteiger partial charge in [-0.1, -0.05) is 46.6 Å². The van der Waals surface area contributed by atoms with Crippen molar-refractivity contribution in [2.75, 3.05) is 6.61 Å². The molecule has 0 unspecified atom stereocenters. The summed E-state index contributed by atoms with van der Waals surface area (Å²) in [6, 6.07) is 0. The molecule has 4 aliphatic rings. The predicted octanol–water partition coefficient (Wildman–Crippen LogP) is 4.12. The fourth-order valence-corrected chi connectivity index (χ4v) is 9.14. The molecule has 0 saturated heterocycles. The van der Waals surface area contributed by atoms with Gasteiger partial charge in [-0.15, -0.1) is 0 Å². The van der Waals surface area contributed by atoms with Crippen LogP contribution >= 0.6 is 0 Å². The molecule has 4 rings (SSSR count). The molecule has 3 saturated carbocycles. The van der Waals surface area contributed by atoms with Gasteiger partial charge in [0.15, 0.2) is 5.78 Å². The van der Waals surface area contributed by atoms with Crippen LogP contribution in [-0.2, 0) is 4.79 Å². The summed E-state index contributed by atoms with van der Waals surface area (Å²) in [6.45, 7) is 11.4. The Morgan fingerprint density at radius 3 is 2.38 bits per heavy atom. The number of carbonyl (C=O) groups excluding carboxylic acids is 1. The standard InChI is InChI=1S/C29H48O5/c1-16(2)18(9-11-30)7-6-17(3)21-14-23(33)26-25-22(32)13-19-12-20(31)8-10-28(19,4)27(25)24(34)15-29(21,26)5/h13,16-18,20-21,23-27,30-31,33-34H,6-12,14-15H2,1-5H3/t17-,18-,20+,21-,23-,24-,25+,26+,27-,28+,29-/m1/s1. The Balaban J connectivity index is 1.59. The fourth-order valence-electron chi connectivity index (χ4n) is 9.14. The van der Waals surface area contributed by atoms with Crippen molar-refractivity contribution in [2.45, 2.75) is 104 Å². The molecule has 34 heavy (non-hydrogen) atoms. The molecule has 0 aromatic heterocycles. The zero-order chi connectivity index (χ0) is 25.0. The van der Waals surface area contributed by atoms with Gasteiger partial charge < -0.3 is 20.4 Å². The third kappa shape index (κ3) is 4.23. The van der Waals surface area contributed by atoms with Crippen molar-refractivity contribution < 1.29 is 25.2 Å². The van der Waals surface area contributed by atoms with Gasteiger partial charge in [0.25, 0.3) is 0 Å². The van der Waals surface area contributed by atoms with Gasteiger partial charge in [0, 0.05) is 24.4 Å². The van der Waals surface area contributed by atoms with Gasteiger partial charge in [-0.25, -0.2) is 0 Å². The number of ketones is 1. The van der Waals surface area contributed by atoms with E-state index in [9.17, 15) is 25.2 Å². The molecule has 194 valence electrons. The minimum Gasteiger partial charge on any atom is -0.396 e. The molecular formula is C29H48O5. The zero-order valence-corrected chi connectivity index (χ0v) is 21.9. The summed E-state index contributed by atoms with van der Waals surface area (Å²) >= 11 is 0. The van der Waals surface area contributed by atoms with E-state index >= 15 is 0 Å². The van der Waals surface area contributed by atoms with Crippen molar-refractivity contribution in [2.24, 2.45) is 52.3 Å². The Labute approximate surface area is 206 Å². The lowest BCUT2D eigenvalue weighted by Gasteiger charge is -2.59. The van der Waals surface area contributed by atoms with Crippen LogP contribution in [0.15, 0.2) is 11.6 Å². The van der Waals surface area contributed by atoms with Crippen molar-refractivity contribution in [1.29, 1.82) is 0 Å². The molecular weight excluding hydrogens is 428 g/mol. The molecule has 0 heterocycles. The van der Waals surface area contributed by atoms with Crippen LogP contribution in [-0.4, -0.2) is 51.1 Å². The molecule has 0 bridgehead atoms. The molecule has 4 aliphatic carbocycles. The van der Waals surface area contributed by atoms with E-state index in [0.717, 1.165) is 31.3 Å². The summed E-state index contributed by atoms with van der Waals surface area (Å²) in [5, 5.41) is 42.7. The summed E-state index contributed by atoms with van der Waals surface area (Å²) in [5.74, 6) is 1.09. The van der Waals surface area contributed by atoms with E-state index in [0.29, 0.717) is 43.4 Å². The van der Waals surface area contributed by atoms with Crippen LogP contribution in [0.1, 0.15) is 86.0 Å². The normalized spacial score (nSPS) is 45.9. The highest BCUT2D eigenvalue weighted by Gasteiger charge is 2.66. The highest BCUT2D eigenvalue weighted by Crippen LogP contribution is 2.66. The topological polar surface area (TPSA) is 98.0 Å². The number of fused-ring (bicyclic) bond motifs is 5. The molecule has 5 heteroatoms. The Hall–Kier alpha value is -0.750. The van der Waals surface area contributed by atoms with Crippen molar-refractivity contribution in [3.63, 3.8) is 0 Å². The second-order valence-electron chi connectivity index (χ2n) is 13.2. The maximum atomic E-state index is 13.5. The third-order valence-corrected chi connectivity index (χ3v) is 11.0. The summed E-state index contributed by atoms with van der Waals surface area (Å²) in [6.07, 6.45) is 6.54. The summed E-state index contributed by atoms with van der Waals surface area (Å²) in [4.78, 5) is 13.5. The largest absolute Gasteiger partial charge is 0.396 e. The highest BCUT2D eigenvalue weighted by atomic mass is 16.3. The van der Waals surface area contributed by atoms with E-state index in [2.05, 4.69) is 34.6 Å². The van der Waals surface area contributed by atoms with E-state index in [1.54, 1.807) is 6.08 Å². The van der Waals surface area contributed by atoms with Crippen LogP contribution < -0.4 is 0 Å². The number of aliphatic hydroxyl groups excluding tert-OH is 4. The van der Waals surface area contributed by atoms with E-state index in [4.69, 9.17) is 0 Å². The average Bonchev–Trinajstić information content (AvgIpc) is 3.01. The van der Waals surface area contributed by atoms with Crippen LogP contribution in [0.3, 0.4) is 0 Å². The molecule has 0 aromatic rings. The number of rotatable bonds is 7. The first-order valence-corrected chi connectivity index (χ1v) is 13.8. The van der Waals surface area contributed by atoms with Crippen LogP contribution in [0.2, 0.25) is 0 Å². The third-order valence-electron chi connectivity index (χ3n) is 11.0. The molecule has 11 atom stereocenters. The smallest absolute Gasteiger partial charge is 0.159 e. The molecule has 0 radical (unpaired) electrons. The lowest BCUT2D eigenvalue weighted by Crippen LogP contribution is -2.60. The van der Waals surface area contributed by atoms with E-state index in [1.807, 2.05) is 0 Å². The minimum atomic E-state index is -0.572. The van der Waals surface area contributed by atoms with Gasteiger partial charge in [0.2, 0.25) is 0 Å². The van der Waals surface area contributed by atoms with Gasteiger partial charge in [0.1, 0.15) is 0 Å². The van der Waals surface area contributed by atoms with Gasteiger partial charge in [-0.3, -0.25) is 4.79 Å². The first kappa shape index (κ1) is 26.3. The van der Waals surface area contributed by atoms with Crippen LogP contribution in [0.4, 0.5) is 0 Å². The van der Waals surface area contributed by atoms with Gasteiger partial charge in [-0.05, 0) is 85.5 Å². The van der Waals surface area contributed by atoms with Gasteiger partial charge >= 0.3 is 0 Å². The first-order chi connectivity index (χ1) is 15.9. The van der Waals surface area contributed by atoms with Gasteiger partial charge in [-0.2, -0.15) is 0 Å². The number of hydrogen-bond acceptors (Lipinski definition) is 5. The number of hydrogen-bond donors (Lipinski definition) is 4. The quantitative estimate of drug-likeness (QED) is 0.443. The van der Waals surface area contributed by atoms with Gasteiger partial charge in [0.05, 0.1) is 18.3 Å². The van der Waals surface area contributed by atoms with E-state index in [1.165, 1.54) is 0 Å². The minimum absolute atomic E-state index is 0.0525. The Kier molecular flexibility index (Phi) is 7.44. The fraction of sp³-hybridized carbons (Fsp3) is 0.897. The average molecular weight is 477 g/mol. The maximum Gasteiger partial charge on any atom is 0.159 e. The second kappa shape index (κ2) is 9.61. The summed E-state index contributed by atoms with van der Waals surface area (Å²) < 4.78 is 0. The second-order valence-corrected chi connectivity index (χ2v) is 13.2. The molecule has 0 spiro atoms. The lowest BCUT2D eigenvalue weighted by molar-refractivity contribution is -0.161.